The second-order valence-corrected chi connectivity index (χ2v) is 4.92. The zero-order chi connectivity index (χ0) is 11.7. The molecule has 0 saturated carbocycles. The summed E-state index contributed by atoms with van der Waals surface area (Å²) in [6.07, 6.45) is 1.12. The highest BCUT2D eigenvalue weighted by atomic mass is 35.5. The van der Waals surface area contributed by atoms with Crippen LogP contribution in [0.4, 0.5) is 0 Å². The Morgan fingerprint density at radius 1 is 1.44 bits per heavy atom. The Labute approximate surface area is 106 Å². The minimum absolute atomic E-state index is 0.176. The Morgan fingerprint density at radius 2 is 2.19 bits per heavy atom. The molecule has 0 aliphatic carbocycles. The van der Waals surface area contributed by atoms with Gasteiger partial charge in [0, 0.05) is 23.0 Å². The standard InChI is InChI=1S/C12H15Cl2NO/c1-3-15-11-4-7(2)16-12-9(11)5-8(13)6-10(12)14/h5-7,11,15H,3-4H2,1-2H3. The molecule has 0 fully saturated rings. The van der Waals surface area contributed by atoms with Gasteiger partial charge in [-0.15, -0.1) is 0 Å². The Bertz CT molecular complexity index is 395. The predicted molar refractivity (Wildman–Crippen MR) is 67.6 cm³/mol. The number of hydrogen-bond donors (Lipinski definition) is 1. The van der Waals surface area contributed by atoms with Gasteiger partial charge in [0.25, 0.3) is 0 Å². The number of hydrogen-bond acceptors (Lipinski definition) is 2. The van der Waals surface area contributed by atoms with Gasteiger partial charge >= 0.3 is 0 Å². The number of benzene rings is 1. The van der Waals surface area contributed by atoms with Gasteiger partial charge in [-0.1, -0.05) is 30.1 Å². The lowest BCUT2D eigenvalue weighted by Gasteiger charge is -2.31. The van der Waals surface area contributed by atoms with Crippen LogP contribution in [0.3, 0.4) is 0 Å². The van der Waals surface area contributed by atoms with E-state index in [-0.39, 0.29) is 12.1 Å². The fourth-order valence-corrected chi connectivity index (χ4v) is 2.67. The zero-order valence-corrected chi connectivity index (χ0v) is 10.9. The van der Waals surface area contributed by atoms with Crippen LogP contribution >= 0.6 is 23.2 Å². The second kappa shape index (κ2) is 4.82. The van der Waals surface area contributed by atoms with Gasteiger partial charge < -0.3 is 10.1 Å². The van der Waals surface area contributed by atoms with Gasteiger partial charge in [-0.2, -0.15) is 0 Å². The van der Waals surface area contributed by atoms with Crippen LogP contribution in [-0.4, -0.2) is 12.6 Å². The predicted octanol–water partition coefficient (Wildman–Crippen LogP) is 3.82. The van der Waals surface area contributed by atoms with Crippen LogP contribution in [0.5, 0.6) is 5.75 Å². The maximum atomic E-state index is 6.14. The van der Waals surface area contributed by atoms with E-state index in [9.17, 15) is 0 Å². The first kappa shape index (κ1) is 12.0. The van der Waals surface area contributed by atoms with Crippen molar-refractivity contribution in [3.8, 4) is 5.75 Å². The molecule has 1 aromatic carbocycles. The second-order valence-electron chi connectivity index (χ2n) is 4.08. The molecule has 1 aromatic rings. The Balaban J connectivity index is 2.43. The summed E-state index contributed by atoms with van der Waals surface area (Å²) >= 11 is 12.2. The quantitative estimate of drug-likeness (QED) is 0.872. The van der Waals surface area contributed by atoms with Crippen molar-refractivity contribution in [2.24, 2.45) is 0 Å². The molecule has 1 N–H and O–H groups in total. The van der Waals surface area contributed by atoms with Crippen LogP contribution in [0.25, 0.3) is 0 Å². The largest absolute Gasteiger partial charge is 0.489 e. The van der Waals surface area contributed by atoms with E-state index >= 15 is 0 Å². The molecule has 88 valence electrons. The fraction of sp³-hybridized carbons (Fsp3) is 0.500. The highest BCUT2D eigenvalue weighted by molar-refractivity contribution is 6.35. The molecule has 0 bridgehead atoms. The topological polar surface area (TPSA) is 21.3 Å². The Morgan fingerprint density at radius 3 is 2.88 bits per heavy atom. The number of fused-ring (bicyclic) bond motifs is 1. The molecule has 0 spiro atoms. The SMILES string of the molecule is CCNC1CC(C)Oc2c(Cl)cc(Cl)cc21. The maximum absolute atomic E-state index is 6.14. The molecule has 16 heavy (non-hydrogen) atoms. The number of halogens is 2. The van der Waals surface area contributed by atoms with Crippen LogP contribution < -0.4 is 10.1 Å². The first-order valence-corrected chi connectivity index (χ1v) is 6.26. The van der Waals surface area contributed by atoms with Crippen LogP contribution in [0.2, 0.25) is 10.0 Å². The van der Waals surface area contributed by atoms with E-state index in [4.69, 9.17) is 27.9 Å². The van der Waals surface area contributed by atoms with E-state index in [1.54, 1.807) is 6.07 Å². The third-order valence-corrected chi connectivity index (χ3v) is 3.25. The lowest BCUT2D eigenvalue weighted by Crippen LogP contribution is -2.31. The van der Waals surface area contributed by atoms with E-state index in [1.165, 1.54) is 0 Å². The average Bonchev–Trinajstić information content (AvgIpc) is 2.20. The van der Waals surface area contributed by atoms with E-state index in [0.717, 1.165) is 24.3 Å². The first-order valence-electron chi connectivity index (χ1n) is 5.50. The molecule has 1 aliphatic heterocycles. The zero-order valence-electron chi connectivity index (χ0n) is 9.39. The summed E-state index contributed by atoms with van der Waals surface area (Å²) in [5.74, 6) is 0.774. The van der Waals surface area contributed by atoms with Crippen molar-refractivity contribution in [3.05, 3.63) is 27.7 Å². The molecule has 2 atom stereocenters. The molecular formula is C12H15Cl2NO. The average molecular weight is 260 g/mol. The number of ether oxygens (including phenoxy) is 1. The highest BCUT2D eigenvalue weighted by Crippen LogP contribution is 2.41. The molecule has 2 nitrogen and oxygen atoms in total. The van der Waals surface area contributed by atoms with E-state index in [1.807, 2.05) is 6.07 Å². The van der Waals surface area contributed by atoms with Crippen molar-refractivity contribution in [1.29, 1.82) is 0 Å². The first-order chi connectivity index (χ1) is 7.61. The summed E-state index contributed by atoms with van der Waals surface area (Å²) in [5, 5.41) is 4.68. The van der Waals surface area contributed by atoms with Crippen LogP contribution in [0.1, 0.15) is 31.9 Å². The molecule has 4 heteroatoms. The molecule has 0 saturated heterocycles. The fourth-order valence-electron chi connectivity index (χ4n) is 2.11. The Kier molecular flexibility index (Phi) is 3.63. The molecule has 0 amide bonds. The molecule has 0 radical (unpaired) electrons. The van der Waals surface area contributed by atoms with Gasteiger partial charge in [0.05, 0.1) is 11.1 Å². The van der Waals surface area contributed by atoms with Gasteiger partial charge in [0.2, 0.25) is 0 Å². The summed E-state index contributed by atoms with van der Waals surface area (Å²) in [5.41, 5.74) is 1.07. The van der Waals surface area contributed by atoms with Crippen molar-refractivity contribution < 1.29 is 4.74 Å². The van der Waals surface area contributed by atoms with Gasteiger partial charge in [0.1, 0.15) is 5.75 Å². The highest BCUT2D eigenvalue weighted by Gasteiger charge is 2.27. The van der Waals surface area contributed by atoms with Gasteiger partial charge in [-0.05, 0) is 25.6 Å². The van der Waals surface area contributed by atoms with Crippen LogP contribution in [0, 0.1) is 0 Å². The summed E-state index contributed by atoms with van der Waals surface area (Å²) in [6.45, 7) is 5.06. The maximum Gasteiger partial charge on any atom is 0.143 e. The third-order valence-electron chi connectivity index (χ3n) is 2.75. The van der Waals surface area contributed by atoms with E-state index in [0.29, 0.717) is 10.0 Å². The smallest absolute Gasteiger partial charge is 0.143 e. The summed E-state index contributed by atoms with van der Waals surface area (Å²) in [7, 11) is 0. The Hall–Kier alpha value is -0.440. The summed E-state index contributed by atoms with van der Waals surface area (Å²) in [4.78, 5) is 0. The van der Waals surface area contributed by atoms with Gasteiger partial charge in [-0.25, -0.2) is 0 Å². The molecule has 1 aliphatic rings. The lowest BCUT2D eigenvalue weighted by atomic mass is 9.97. The summed E-state index contributed by atoms with van der Waals surface area (Å²) < 4.78 is 5.76. The third kappa shape index (κ3) is 2.29. The van der Waals surface area contributed by atoms with Crippen molar-refractivity contribution in [3.63, 3.8) is 0 Å². The van der Waals surface area contributed by atoms with Crippen molar-refractivity contribution in [2.45, 2.75) is 32.4 Å². The molecule has 2 rings (SSSR count). The monoisotopic (exact) mass is 259 g/mol. The molecule has 2 unspecified atom stereocenters. The van der Waals surface area contributed by atoms with E-state index < -0.39 is 0 Å². The van der Waals surface area contributed by atoms with E-state index in [2.05, 4.69) is 19.2 Å². The molecule has 1 heterocycles. The number of nitrogens with one attached hydrogen (secondary N) is 1. The van der Waals surface area contributed by atoms with Gasteiger partial charge in [0.15, 0.2) is 0 Å². The molecular weight excluding hydrogens is 245 g/mol. The normalized spacial score (nSPS) is 23.8. The minimum Gasteiger partial charge on any atom is -0.489 e. The minimum atomic E-state index is 0.176. The van der Waals surface area contributed by atoms with Crippen molar-refractivity contribution >= 4 is 23.2 Å². The van der Waals surface area contributed by atoms with Crippen molar-refractivity contribution in [1.82, 2.24) is 5.32 Å². The number of rotatable bonds is 2. The molecule has 0 aromatic heterocycles. The van der Waals surface area contributed by atoms with Crippen LogP contribution in [0.15, 0.2) is 12.1 Å². The van der Waals surface area contributed by atoms with Crippen LogP contribution in [-0.2, 0) is 0 Å². The van der Waals surface area contributed by atoms with Gasteiger partial charge in [-0.3, -0.25) is 0 Å². The summed E-state index contributed by atoms with van der Waals surface area (Å²) in [6, 6.07) is 3.94. The van der Waals surface area contributed by atoms with Crippen molar-refractivity contribution in [2.75, 3.05) is 6.54 Å². The lowest BCUT2D eigenvalue weighted by molar-refractivity contribution is 0.167.